The van der Waals surface area contributed by atoms with Gasteiger partial charge in [0.1, 0.15) is 11.5 Å². The number of aromatic amines is 1. The van der Waals surface area contributed by atoms with E-state index in [1.54, 1.807) is 14.2 Å². The molecule has 0 unspecified atom stereocenters. The second kappa shape index (κ2) is 7.82. The lowest BCUT2D eigenvalue weighted by atomic mass is 10.0. The molecule has 0 saturated carbocycles. The van der Waals surface area contributed by atoms with Gasteiger partial charge in [0.25, 0.3) is 0 Å². The summed E-state index contributed by atoms with van der Waals surface area (Å²) in [4.78, 5) is 8.98. The third kappa shape index (κ3) is 3.28. The third-order valence-electron chi connectivity index (χ3n) is 6.64. The van der Waals surface area contributed by atoms with Crippen LogP contribution >= 0.6 is 0 Å². The summed E-state index contributed by atoms with van der Waals surface area (Å²) in [5.74, 6) is 1.82. The van der Waals surface area contributed by atoms with Gasteiger partial charge in [0.05, 0.1) is 20.3 Å². The van der Waals surface area contributed by atoms with Crippen molar-refractivity contribution >= 4 is 10.9 Å². The van der Waals surface area contributed by atoms with Gasteiger partial charge in [-0.15, -0.1) is 6.58 Å². The topological polar surface area (TPSA) is 40.7 Å². The Hall–Kier alpha value is -2.76. The van der Waals surface area contributed by atoms with E-state index < -0.39 is 0 Å². The molecule has 0 amide bonds. The predicted molar refractivity (Wildman–Crippen MR) is 120 cm³/mol. The van der Waals surface area contributed by atoms with Crippen LogP contribution < -0.4 is 9.47 Å². The number of piperazine rings is 1. The quantitative estimate of drug-likeness (QED) is 0.628. The predicted octanol–water partition coefficient (Wildman–Crippen LogP) is 4.15. The van der Waals surface area contributed by atoms with Crippen LogP contribution in [-0.4, -0.2) is 54.7 Å². The molecule has 1 N–H and O–H groups in total. The number of H-pyrrole nitrogens is 1. The molecule has 156 valence electrons. The minimum atomic E-state index is 0.333. The van der Waals surface area contributed by atoms with Crippen molar-refractivity contribution in [3.05, 3.63) is 71.9 Å². The summed E-state index contributed by atoms with van der Waals surface area (Å²) < 4.78 is 10.8. The minimum Gasteiger partial charge on any atom is -0.497 e. The first-order chi connectivity index (χ1) is 14.7. The van der Waals surface area contributed by atoms with E-state index >= 15 is 0 Å². The van der Waals surface area contributed by atoms with Crippen LogP contribution in [0.25, 0.3) is 10.9 Å². The molecule has 4 heterocycles. The summed E-state index contributed by atoms with van der Waals surface area (Å²) in [5.41, 5.74) is 5.33. The molecule has 0 aliphatic carbocycles. The highest BCUT2D eigenvalue weighted by Crippen LogP contribution is 2.40. The highest BCUT2D eigenvalue weighted by molar-refractivity contribution is 5.86. The zero-order chi connectivity index (χ0) is 20.7. The standard InChI is InChI=1S/C25H29N3O2/c1-4-11-27-16-24-25-22(21-13-20(30-3)9-10-23(21)26-25)12-18(27)15-28(24)14-17-5-7-19(29-2)8-6-17/h4-10,13,18,24,26H,1,11-12,14-16H2,2-3H3/t18-,24+/m1/s1. The minimum absolute atomic E-state index is 0.333. The Bertz CT molecular complexity index is 1060. The fourth-order valence-corrected chi connectivity index (χ4v) is 5.11. The number of methoxy groups -OCH3 is 2. The molecule has 5 heteroatoms. The molecule has 3 aliphatic rings. The van der Waals surface area contributed by atoms with Crippen LogP contribution in [0.1, 0.15) is 22.9 Å². The van der Waals surface area contributed by atoms with Crippen molar-refractivity contribution in [1.29, 1.82) is 0 Å². The highest BCUT2D eigenvalue weighted by atomic mass is 16.5. The maximum absolute atomic E-state index is 5.50. The van der Waals surface area contributed by atoms with Crippen molar-refractivity contribution < 1.29 is 9.47 Å². The number of rotatable bonds is 6. The van der Waals surface area contributed by atoms with E-state index in [9.17, 15) is 0 Å². The Morgan fingerprint density at radius 3 is 2.53 bits per heavy atom. The molecule has 1 saturated heterocycles. The van der Waals surface area contributed by atoms with E-state index in [-0.39, 0.29) is 0 Å². The first-order valence-electron chi connectivity index (χ1n) is 10.6. The summed E-state index contributed by atoms with van der Waals surface area (Å²) in [6.07, 6.45) is 3.08. The number of fused-ring (bicyclic) bond motifs is 3. The van der Waals surface area contributed by atoms with E-state index in [2.05, 4.69) is 57.8 Å². The van der Waals surface area contributed by atoms with Gasteiger partial charge in [0, 0.05) is 48.8 Å². The molecule has 3 aromatic rings. The van der Waals surface area contributed by atoms with Gasteiger partial charge in [0.15, 0.2) is 0 Å². The summed E-state index contributed by atoms with van der Waals surface area (Å²) in [7, 11) is 3.45. The van der Waals surface area contributed by atoms with Crippen LogP contribution in [0.4, 0.5) is 0 Å². The first kappa shape index (κ1) is 19.2. The molecule has 0 radical (unpaired) electrons. The monoisotopic (exact) mass is 403 g/mol. The number of nitrogens with one attached hydrogen (secondary N) is 1. The van der Waals surface area contributed by atoms with Crippen LogP contribution in [-0.2, 0) is 13.0 Å². The molecule has 2 atom stereocenters. The van der Waals surface area contributed by atoms with E-state index in [0.717, 1.165) is 44.1 Å². The number of nitrogens with zero attached hydrogens (tertiary/aromatic N) is 2. The average molecular weight is 404 g/mol. The second-order valence-electron chi connectivity index (χ2n) is 8.32. The van der Waals surface area contributed by atoms with Gasteiger partial charge < -0.3 is 14.5 Å². The Balaban J connectivity index is 1.53. The maximum atomic E-state index is 5.50. The van der Waals surface area contributed by atoms with Crippen LogP contribution in [0.15, 0.2) is 55.1 Å². The second-order valence-corrected chi connectivity index (χ2v) is 8.32. The van der Waals surface area contributed by atoms with Crippen molar-refractivity contribution in [3.63, 3.8) is 0 Å². The van der Waals surface area contributed by atoms with Crippen molar-refractivity contribution in [2.45, 2.75) is 25.0 Å². The first-order valence-corrected chi connectivity index (χ1v) is 10.6. The van der Waals surface area contributed by atoms with Gasteiger partial charge >= 0.3 is 0 Å². The largest absolute Gasteiger partial charge is 0.497 e. The lowest BCUT2D eigenvalue weighted by Gasteiger charge is -2.43. The van der Waals surface area contributed by atoms with Crippen molar-refractivity contribution in [3.8, 4) is 11.5 Å². The Kier molecular flexibility index (Phi) is 5.01. The van der Waals surface area contributed by atoms with Gasteiger partial charge in [-0.2, -0.15) is 0 Å². The Morgan fingerprint density at radius 1 is 1.03 bits per heavy atom. The molecule has 3 aliphatic heterocycles. The molecule has 2 aromatic carbocycles. The van der Waals surface area contributed by atoms with Crippen molar-refractivity contribution in [2.24, 2.45) is 0 Å². The number of aromatic nitrogens is 1. The summed E-state index contributed by atoms with van der Waals surface area (Å²) >= 11 is 0. The molecule has 2 bridgehead atoms. The molecule has 0 spiro atoms. The lowest BCUT2D eigenvalue weighted by Crippen LogP contribution is -2.53. The zero-order valence-electron chi connectivity index (χ0n) is 17.7. The number of hydrogen-bond acceptors (Lipinski definition) is 4. The molecule has 1 aromatic heterocycles. The summed E-state index contributed by atoms with van der Waals surface area (Å²) in [6.45, 7) is 7.93. The van der Waals surface area contributed by atoms with E-state index in [1.165, 1.54) is 27.7 Å². The van der Waals surface area contributed by atoms with Gasteiger partial charge in [-0.3, -0.25) is 9.80 Å². The molecule has 30 heavy (non-hydrogen) atoms. The van der Waals surface area contributed by atoms with Crippen LogP contribution in [0.2, 0.25) is 0 Å². The lowest BCUT2D eigenvalue weighted by molar-refractivity contribution is 0.0365. The highest BCUT2D eigenvalue weighted by Gasteiger charge is 2.40. The van der Waals surface area contributed by atoms with Crippen LogP contribution in [0.3, 0.4) is 0 Å². The van der Waals surface area contributed by atoms with Gasteiger partial charge in [-0.25, -0.2) is 0 Å². The van der Waals surface area contributed by atoms with Crippen molar-refractivity contribution in [1.82, 2.24) is 14.8 Å². The van der Waals surface area contributed by atoms with Crippen LogP contribution in [0, 0.1) is 0 Å². The van der Waals surface area contributed by atoms with Crippen molar-refractivity contribution in [2.75, 3.05) is 33.9 Å². The van der Waals surface area contributed by atoms with E-state index in [0.29, 0.717) is 12.1 Å². The average Bonchev–Trinajstić information content (AvgIpc) is 2.98. The number of ether oxygens (including phenoxy) is 2. The van der Waals surface area contributed by atoms with Crippen LogP contribution in [0.5, 0.6) is 11.5 Å². The smallest absolute Gasteiger partial charge is 0.119 e. The number of benzene rings is 2. The van der Waals surface area contributed by atoms with E-state index in [4.69, 9.17) is 9.47 Å². The maximum Gasteiger partial charge on any atom is 0.119 e. The Morgan fingerprint density at radius 2 is 1.80 bits per heavy atom. The molecule has 5 nitrogen and oxygen atoms in total. The van der Waals surface area contributed by atoms with Gasteiger partial charge in [-0.1, -0.05) is 18.2 Å². The Labute approximate surface area is 177 Å². The number of hydrogen-bond donors (Lipinski definition) is 1. The van der Waals surface area contributed by atoms with Gasteiger partial charge in [0.2, 0.25) is 0 Å². The summed E-state index contributed by atoms with van der Waals surface area (Å²) in [5, 5.41) is 1.30. The molecular formula is C25H29N3O2. The fourth-order valence-electron chi connectivity index (χ4n) is 5.11. The third-order valence-corrected chi connectivity index (χ3v) is 6.64. The normalized spacial score (nSPS) is 21.4. The SMILES string of the molecule is C=CCN1C[C@H]2c3[nH]c4ccc(OC)cc4c3C[C@@H]1CN2Cc1ccc(OC)cc1. The zero-order valence-corrected chi connectivity index (χ0v) is 17.7. The summed E-state index contributed by atoms with van der Waals surface area (Å²) in [6, 6.07) is 15.6. The molecule has 6 rings (SSSR count). The molecule has 1 fully saturated rings. The van der Waals surface area contributed by atoms with Gasteiger partial charge in [-0.05, 0) is 47.9 Å². The fraction of sp³-hybridized carbons (Fsp3) is 0.360. The van der Waals surface area contributed by atoms with E-state index in [1.807, 2.05) is 12.1 Å². The molecular weight excluding hydrogens is 374 g/mol.